The molecule has 0 bridgehead atoms. The summed E-state index contributed by atoms with van der Waals surface area (Å²) in [6.07, 6.45) is 1.01. The number of anilines is 1. The molecule has 2 N–H and O–H groups in total. The summed E-state index contributed by atoms with van der Waals surface area (Å²) < 4.78 is 1.27. The lowest BCUT2D eigenvalue weighted by Crippen LogP contribution is -2.38. The maximum Gasteiger partial charge on any atom is 0.242 e. The standard InChI is InChI=1S/C16H22N2OS/c1-11(2)6-8-17-16(19)12(3)18-14-4-5-15-13(10-14)7-9-20-15/h4-5,7,9-12,18H,6,8H2,1-3H3,(H,17,19). The number of hydrogen-bond acceptors (Lipinski definition) is 3. The van der Waals surface area contributed by atoms with Crippen molar-refractivity contribution in [2.45, 2.75) is 33.2 Å². The molecule has 0 aliphatic rings. The van der Waals surface area contributed by atoms with Crippen LogP contribution >= 0.6 is 11.3 Å². The first-order valence-electron chi connectivity index (χ1n) is 7.08. The van der Waals surface area contributed by atoms with Crippen LogP contribution in [0.2, 0.25) is 0 Å². The molecule has 1 amide bonds. The van der Waals surface area contributed by atoms with Crippen LogP contribution in [0.25, 0.3) is 10.1 Å². The van der Waals surface area contributed by atoms with Crippen LogP contribution < -0.4 is 10.6 Å². The molecule has 1 unspecified atom stereocenters. The Morgan fingerprint density at radius 3 is 2.80 bits per heavy atom. The van der Waals surface area contributed by atoms with Crippen molar-refractivity contribution in [3.8, 4) is 0 Å². The fraction of sp³-hybridized carbons (Fsp3) is 0.438. The Hall–Kier alpha value is -1.55. The summed E-state index contributed by atoms with van der Waals surface area (Å²) in [6.45, 7) is 6.95. The molecule has 1 aromatic heterocycles. The number of fused-ring (bicyclic) bond motifs is 1. The van der Waals surface area contributed by atoms with Gasteiger partial charge in [0.25, 0.3) is 0 Å². The SMILES string of the molecule is CC(C)CCNC(=O)C(C)Nc1ccc2sccc2c1. The van der Waals surface area contributed by atoms with E-state index in [-0.39, 0.29) is 11.9 Å². The second kappa shape index (κ2) is 6.75. The first-order valence-corrected chi connectivity index (χ1v) is 7.95. The summed E-state index contributed by atoms with van der Waals surface area (Å²) >= 11 is 1.73. The Kier molecular flexibility index (Phi) is 5.01. The molecule has 0 aliphatic carbocycles. The average molecular weight is 290 g/mol. The van der Waals surface area contributed by atoms with Crippen LogP contribution in [0.4, 0.5) is 5.69 Å². The fourth-order valence-corrected chi connectivity index (χ4v) is 2.78. The van der Waals surface area contributed by atoms with Crippen LogP contribution in [0.3, 0.4) is 0 Å². The van der Waals surface area contributed by atoms with Gasteiger partial charge in [-0.05, 0) is 54.3 Å². The molecule has 0 saturated heterocycles. The number of benzene rings is 1. The summed E-state index contributed by atoms with van der Waals surface area (Å²) in [5.74, 6) is 0.663. The van der Waals surface area contributed by atoms with Gasteiger partial charge in [0.15, 0.2) is 0 Å². The minimum Gasteiger partial charge on any atom is -0.374 e. The highest BCUT2D eigenvalue weighted by molar-refractivity contribution is 7.17. The van der Waals surface area contributed by atoms with Gasteiger partial charge in [-0.2, -0.15) is 0 Å². The van der Waals surface area contributed by atoms with Gasteiger partial charge >= 0.3 is 0 Å². The molecule has 108 valence electrons. The highest BCUT2D eigenvalue weighted by Gasteiger charge is 2.12. The third-order valence-corrected chi connectivity index (χ3v) is 4.15. The van der Waals surface area contributed by atoms with Gasteiger partial charge in [0, 0.05) is 16.9 Å². The molecule has 20 heavy (non-hydrogen) atoms. The number of nitrogens with one attached hydrogen (secondary N) is 2. The predicted octanol–water partition coefficient (Wildman–Crippen LogP) is 3.86. The van der Waals surface area contributed by atoms with Gasteiger partial charge in [-0.15, -0.1) is 11.3 Å². The normalized spacial score (nSPS) is 12.6. The summed E-state index contributed by atoms with van der Waals surface area (Å²) in [5, 5.41) is 9.52. The lowest BCUT2D eigenvalue weighted by atomic mass is 10.1. The molecule has 1 atom stereocenters. The van der Waals surface area contributed by atoms with Gasteiger partial charge in [0.05, 0.1) is 0 Å². The zero-order valence-corrected chi connectivity index (χ0v) is 13.1. The molecule has 0 saturated carbocycles. The molecule has 3 nitrogen and oxygen atoms in total. The zero-order valence-electron chi connectivity index (χ0n) is 12.3. The van der Waals surface area contributed by atoms with Crippen molar-refractivity contribution in [1.82, 2.24) is 5.32 Å². The largest absolute Gasteiger partial charge is 0.374 e. The number of amides is 1. The fourth-order valence-electron chi connectivity index (χ4n) is 2.01. The van der Waals surface area contributed by atoms with E-state index in [1.807, 2.05) is 13.0 Å². The first kappa shape index (κ1) is 14.9. The van der Waals surface area contributed by atoms with E-state index in [9.17, 15) is 4.79 Å². The highest BCUT2D eigenvalue weighted by Crippen LogP contribution is 2.24. The average Bonchev–Trinajstić information content (AvgIpc) is 2.85. The Morgan fingerprint density at radius 2 is 2.05 bits per heavy atom. The van der Waals surface area contributed by atoms with E-state index in [4.69, 9.17) is 0 Å². The summed E-state index contributed by atoms with van der Waals surface area (Å²) in [6, 6.07) is 8.07. The third-order valence-electron chi connectivity index (χ3n) is 3.25. The number of carbonyl (C=O) groups is 1. The Balaban J connectivity index is 1.89. The van der Waals surface area contributed by atoms with Gasteiger partial charge in [-0.25, -0.2) is 0 Å². The summed E-state index contributed by atoms with van der Waals surface area (Å²) in [5.41, 5.74) is 0.988. The third kappa shape index (κ3) is 3.97. The Morgan fingerprint density at radius 1 is 1.25 bits per heavy atom. The zero-order chi connectivity index (χ0) is 14.5. The van der Waals surface area contributed by atoms with Crippen molar-refractivity contribution >= 4 is 33.0 Å². The second-order valence-corrected chi connectivity index (χ2v) is 6.46. The quantitative estimate of drug-likeness (QED) is 0.848. The van der Waals surface area contributed by atoms with Crippen LogP contribution in [0.15, 0.2) is 29.6 Å². The van der Waals surface area contributed by atoms with Crippen molar-refractivity contribution < 1.29 is 4.79 Å². The summed E-state index contributed by atoms with van der Waals surface area (Å²) in [4.78, 5) is 12.0. The topological polar surface area (TPSA) is 41.1 Å². The maximum atomic E-state index is 12.0. The van der Waals surface area contributed by atoms with E-state index in [1.165, 1.54) is 10.1 Å². The molecule has 0 aliphatic heterocycles. The molecule has 0 spiro atoms. The van der Waals surface area contributed by atoms with E-state index >= 15 is 0 Å². The van der Waals surface area contributed by atoms with E-state index in [2.05, 4.69) is 48.1 Å². The molecule has 1 aromatic carbocycles. The van der Waals surface area contributed by atoms with Gasteiger partial charge in [0.1, 0.15) is 6.04 Å². The van der Waals surface area contributed by atoms with Crippen molar-refractivity contribution in [3.63, 3.8) is 0 Å². The number of carbonyl (C=O) groups excluding carboxylic acids is 1. The molecule has 1 heterocycles. The molecule has 2 aromatic rings. The monoisotopic (exact) mass is 290 g/mol. The lowest BCUT2D eigenvalue weighted by molar-refractivity contribution is -0.121. The predicted molar refractivity (Wildman–Crippen MR) is 87.4 cm³/mol. The van der Waals surface area contributed by atoms with Crippen LogP contribution in [-0.2, 0) is 4.79 Å². The van der Waals surface area contributed by atoms with Crippen molar-refractivity contribution in [2.24, 2.45) is 5.92 Å². The number of thiophene rings is 1. The van der Waals surface area contributed by atoms with Crippen molar-refractivity contribution in [1.29, 1.82) is 0 Å². The van der Waals surface area contributed by atoms with E-state index in [0.717, 1.165) is 18.7 Å². The van der Waals surface area contributed by atoms with E-state index in [1.54, 1.807) is 11.3 Å². The van der Waals surface area contributed by atoms with Gasteiger partial charge in [-0.3, -0.25) is 4.79 Å². The van der Waals surface area contributed by atoms with Gasteiger partial charge < -0.3 is 10.6 Å². The number of hydrogen-bond donors (Lipinski definition) is 2. The molecule has 0 fully saturated rings. The lowest BCUT2D eigenvalue weighted by Gasteiger charge is -2.16. The van der Waals surface area contributed by atoms with Crippen LogP contribution in [0, 0.1) is 5.92 Å². The first-order chi connectivity index (χ1) is 9.56. The van der Waals surface area contributed by atoms with E-state index < -0.39 is 0 Å². The minimum atomic E-state index is -0.224. The molecular formula is C16H22N2OS. The Bertz CT molecular complexity index is 577. The summed E-state index contributed by atoms with van der Waals surface area (Å²) in [7, 11) is 0. The molecule has 0 radical (unpaired) electrons. The Labute approximate surface area is 124 Å². The van der Waals surface area contributed by atoms with Crippen LogP contribution in [-0.4, -0.2) is 18.5 Å². The maximum absolute atomic E-state index is 12.0. The highest BCUT2D eigenvalue weighted by atomic mass is 32.1. The molecular weight excluding hydrogens is 268 g/mol. The van der Waals surface area contributed by atoms with Gasteiger partial charge in [-0.1, -0.05) is 13.8 Å². The minimum absolute atomic E-state index is 0.0519. The molecule has 2 rings (SSSR count). The van der Waals surface area contributed by atoms with E-state index in [0.29, 0.717) is 5.92 Å². The number of rotatable bonds is 6. The second-order valence-electron chi connectivity index (χ2n) is 5.51. The van der Waals surface area contributed by atoms with Crippen molar-refractivity contribution in [2.75, 3.05) is 11.9 Å². The van der Waals surface area contributed by atoms with Gasteiger partial charge in [0.2, 0.25) is 5.91 Å². The van der Waals surface area contributed by atoms with Crippen LogP contribution in [0.5, 0.6) is 0 Å². The smallest absolute Gasteiger partial charge is 0.242 e. The van der Waals surface area contributed by atoms with Crippen molar-refractivity contribution in [3.05, 3.63) is 29.6 Å². The molecule has 4 heteroatoms. The van der Waals surface area contributed by atoms with Crippen LogP contribution in [0.1, 0.15) is 27.2 Å².